The van der Waals surface area contributed by atoms with Crippen molar-refractivity contribution in [1.29, 1.82) is 0 Å². The molecule has 3 saturated carbocycles. The molecule has 0 bridgehead atoms. The van der Waals surface area contributed by atoms with Crippen molar-refractivity contribution in [2.75, 3.05) is 0 Å². The van der Waals surface area contributed by atoms with E-state index in [0.717, 1.165) is 44.2 Å². The summed E-state index contributed by atoms with van der Waals surface area (Å²) in [6.45, 7) is 4.42. The molecule has 0 spiro atoms. The molecule has 0 amide bonds. The third kappa shape index (κ3) is 1.57. The summed E-state index contributed by atoms with van der Waals surface area (Å²) in [5, 5.41) is 0. The van der Waals surface area contributed by atoms with Gasteiger partial charge in [-0.15, -0.1) is 0 Å². The van der Waals surface area contributed by atoms with E-state index in [0.29, 0.717) is 23.5 Å². The number of hydrogen-bond acceptors (Lipinski definition) is 3. The van der Waals surface area contributed by atoms with E-state index < -0.39 is 0 Å². The van der Waals surface area contributed by atoms with Crippen LogP contribution in [0.2, 0.25) is 0 Å². The molecule has 4 aliphatic carbocycles. The maximum absolute atomic E-state index is 12.4. The molecular formula is C19H25NO2. The van der Waals surface area contributed by atoms with Crippen LogP contribution in [-0.2, 0) is 9.59 Å². The van der Waals surface area contributed by atoms with E-state index in [1.54, 1.807) is 6.08 Å². The van der Waals surface area contributed by atoms with Crippen molar-refractivity contribution >= 4 is 11.6 Å². The SMILES string of the molecule is C[C@]12C(N)=CC(=O)C=C1CC[C@@H]1[C@@H]2CC[C@]2(C)C(=O)CC[C@@H]12. The summed E-state index contributed by atoms with van der Waals surface area (Å²) >= 11 is 0. The monoisotopic (exact) mass is 299 g/mol. The van der Waals surface area contributed by atoms with Crippen molar-refractivity contribution in [1.82, 2.24) is 0 Å². The lowest BCUT2D eigenvalue weighted by molar-refractivity contribution is -0.131. The summed E-state index contributed by atoms with van der Waals surface area (Å²) in [6, 6.07) is 0. The van der Waals surface area contributed by atoms with Gasteiger partial charge in [-0.05, 0) is 55.9 Å². The van der Waals surface area contributed by atoms with Gasteiger partial charge in [0.05, 0.1) is 0 Å². The molecule has 4 rings (SSSR count). The van der Waals surface area contributed by atoms with Gasteiger partial charge < -0.3 is 5.73 Å². The Balaban J connectivity index is 1.75. The molecule has 118 valence electrons. The molecule has 0 aromatic carbocycles. The van der Waals surface area contributed by atoms with Gasteiger partial charge in [0.1, 0.15) is 5.78 Å². The molecule has 3 heteroatoms. The molecular weight excluding hydrogens is 274 g/mol. The summed E-state index contributed by atoms with van der Waals surface area (Å²) in [5.41, 5.74) is 8.07. The quantitative estimate of drug-likeness (QED) is 0.747. The van der Waals surface area contributed by atoms with Crippen molar-refractivity contribution in [2.45, 2.75) is 52.4 Å². The lowest BCUT2D eigenvalue weighted by atomic mass is 9.48. The van der Waals surface area contributed by atoms with Gasteiger partial charge in [0.2, 0.25) is 0 Å². The number of rotatable bonds is 0. The van der Waals surface area contributed by atoms with Crippen LogP contribution in [0.15, 0.2) is 23.4 Å². The normalized spacial score (nSPS) is 47.3. The second kappa shape index (κ2) is 4.33. The van der Waals surface area contributed by atoms with Gasteiger partial charge >= 0.3 is 0 Å². The van der Waals surface area contributed by atoms with Crippen LogP contribution < -0.4 is 5.73 Å². The molecule has 22 heavy (non-hydrogen) atoms. The van der Waals surface area contributed by atoms with E-state index in [2.05, 4.69) is 13.8 Å². The molecule has 0 heterocycles. The number of fused-ring (bicyclic) bond motifs is 5. The maximum Gasteiger partial charge on any atom is 0.180 e. The maximum atomic E-state index is 12.4. The molecule has 0 saturated heterocycles. The lowest BCUT2D eigenvalue weighted by Gasteiger charge is -2.56. The fourth-order valence-electron chi connectivity index (χ4n) is 6.14. The van der Waals surface area contributed by atoms with E-state index in [4.69, 9.17) is 5.73 Å². The van der Waals surface area contributed by atoms with Crippen molar-refractivity contribution in [2.24, 2.45) is 34.3 Å². The van der Waals surface area contributed by atoms with Gasteiger partial charge in [0.15, 0.2) is 5.78 Å². The standard InChI is InChI=1S/C19H25NO2/c1-18-8-7-15-13(14(18)5-6-17(18)22)4-3-11-9-12(21)10-16(20)19(11,15)2/h9-10,13-15H,3-8,20H2,1-2H3/t13-,14-,15-,18-,19-/m0/s1. The minimum Gasteiger partial charge on any atom is -0.401 e. The average molecular weight is 299 g/mol. The summed E-state index contributed by atoms with van der Waals surface area (Å²) < 4.78 is 0. The first-order valence-electron chi connectivity index (χ1n) is 8.63. The molecule has 0 radical (unpaired) electrons. The molecule has 2 N–H and O–H groups in total. The molecule has 3 fully saturated rings. The van der Waals surface area contributed by atoms with Crippen LogP contribution >= 0.6 is 0 Å². The zero-order chi connectivity index (χ0) is 15.7. The molecule has 0 unspecified atom stereocenters. The van der Waals surface area contributed by atoms with Crippen LogP contribution in [0.4, 0.5) is 0 Å². The number of nitrogens with two attached hydrogens (primary N) is 1. The summed E-state index contributed by atoms with van der Waals surface area (Å²) in [5.74, 6) is 2.10. The number of ketones is 2. The van der Waals surface area contributed by atoms with Crippen molar-refractivity contribution in [3.8, 4) is 0 Å². The molecule has 4 aliphatic rings. The minimum absolute atomic E-state index is 0.0418. The van der Waals surface area contributed by atoms with E-state index in [-0.39, 0.29) is 16.6 Å². The van der Waals surface area contributed by atoms with Crippen LogP contribution in [0, 0.1) is 28.6 Å². The largest absolute Gasteiger partial charge is 0.401 e. The third-order valence-corrected chi connectivity index (χ3v) is 7.52. The van der Waals surface area contributed by atoms with Gasteiger partial charge in [0.25, 0.3) is 0 Å². The van der Waals surface area contributed by atoms with Crippen LogP contribution in [0.5, 0.6) is 0 Å². The van der Waals surface area contributed by atoms with Gasteiger partial charge in [-0.3, -0.25) is 9.59 Å². The Morgan fingerprint density at radius 2 is 1.82 bits per heavy atom. The Morgan fingerprint density at radius 1 is 1.05 bits per heavy atom. The molecule has 0 aromatic heterocycles. The highest BCUT2D eigenvalue weighted by atomic mass is 16.1. The fraction of sp³-hybridized carbons (Fsp3) is 0.684. The van der Waals surface area contributed by atoms with E-state index in [1.165, 1.54) is 5.57 Å². The first kappa shape index (κ1) is 14.2. The van der Waals surface area contributed by atoms with Crippen molar-refractivity contribution in [3.63, 3.8) is 0 Å². The van der Waals surface area contributed by atoms with E-state index in [1.807, 2.05) is 6.08 Å². The number of Topliss-reactive ketones (excluding diaryl/α,β-unsaturated/α-hetero) is 1. The highest BCUT2D eigenvalue weighted by Gasteiger charge is 2.59. The average Bonchev–Trinajstić information content (AvgIpc) is 2.77. The second-order valence-corrected chi connectivity index (χ2v) is 8.21. The first-order chi connectivity index (χ1) is 10.4. The number of allylic oxidation sites excluding steroid dienone is 3. The van der Waals surface area contributed by atoms with Crippen molar-refractivity contribution in [3.05, 3.63) is 23.4 Å². The van der Waals surface area contributed by atoms with Gasteiger partial charge in [-0.25, -0.2) is 0 Å². The van der Waals surface area contributed by atoms with Gasteiger partial charge in [-0.1, -0.05) is 19.4 Å². The zero-order valence-electron chi connectivity index (χ0n) is 13.5. The topological polar surface area (TPSA) is 60.2 Å². The Morgan fingerprint density at radius 3 is 2.59 bits per heavy atom. The Hall–Kier alpha value is -1.38. The van der Waals surface area contributed by atoms with E-state index in [9.17, 15) is 9.59 Å². The zero-order valence-corrected chi connectivity index (χ0v) is 13.5. The molecule has 0 aromatic rings. The highest BCUT2D eigenvalue weighted by Crippen LogP contribution is 2.64. The summed E-state index contributed by atoms with van der Waals surface area (Å²) in [7, 11) is 0. The van der Waals surface area contributed by atoms with Crippen LogP contribution in [0.25, 0.3) is 0 Å². The Kier molecular flexibility index (Phi) is 2.80. The summed E-state index contributed by atoms with van der Waals surface area (Å²) in [6.07, 6.45) is 9.36. The highest BCUT2D eigenvalue weighted by molar-refractivity contribution is 6.01. The molecule has 3 nitrogen and oxygen atoms in total. The smallest absolute Gasteiger partial charge is 0.180 e. The minimum atomic E-state index is -0.163. The predicted octanol–water partition coefficient (Wildman–Crippen LogP) is 3.15. The third-order valence-electron chi connectivity index (χ3n) is 7.52. The first-order valence-corrected chi connectivity index (χ1v) is 8.63. The number of carbonyl (C=O) groups excluding carboxylic acids is 2. The van der Waals surface area contributed by atoms with Crippen LogP contribution in [0.3, 0.4) is 0 Å². The molecule has 5 atom stereocenters. The lowest BCUT2D eigenvalue weighted by Crippen LogP contribution is -2.52. The van der Waals surface area contributed by atoms with Gasteiger partial charge in [-0.2, -0.15) is 0 Å². The van der Waals surface area contributed by atoms with E-state index >= 15 is 0 Å². The van der Waals surface area contributed by atoms with Crippen molar-refractivity contribution < 1.29 is 9.59 Å². The predicted molar refractivity (Wildman–Crippen MR) is 84.8 cm³/mol. The van der Waals surface area contributed by atoms with Crippen LogP contribution in [-0.4, -0.2) is 11.6 Å². The molecule has 0 aliphatic heterocycles. The number of hydrogen-bond donors (Lipinski definition) is 1. The van der Waals surface area contributed by atoms with Crippen LogP contribution in [0.1, 0.15) is 52.4 Å². The Labute approximate surface area is 132 Å². The second-order valence-electron chi connectivity index (χ2n) is 8.21. The number of carbonyl (C=O) groups is 2. The van der Waals surface area contributed by atoms with Gasteiger partial charge in [0, 0.05) is 29.0 Å². The fourth-order valence-corrected chi connectivity index (χ4v) is 6.14. The summed E-state index contributed by atoms with van der Waals surface area (Å²) in [4.78, 5) is 24.2. The Bertz CT molecular complexity index is 631.